The Morgan fingerprint density at radius 1 is 0.926 bits per heavy atom. The van der Waals surface area contributed by atoms with E-state index in [0.717, 1.165) is 28.1 Å². The Morgan fingerprint density at radius 3 is 2.26 bits per heavy atom. The van der Waals surface area contributed by atoms with E-state index in [1.54, 1.807) is 0 Å². The van der Waals surface area contributed by atoms with Gasteiger partial charge in [0.15, 0.2) is 0 Å². The van der Waals surface area contributed by atoms with Crippen LogP contribution in [0.2, 0.25) is 0 Å². The van der Waals surface area contributed by atoms with E-state index in [4.69, 9.17) is 10.6 Å². The Morgan fingerprint density at radius 2 is 1.59 bits per heavy atom. The first-order valence-corrected chi connectivity index (χ1v) is 9.31. The van der Waals surface area contributed by atoms with Crippen molar-refractivity contribution in [1.29, 1.82) is 0 Å². The number of aryl methyl sites for hydroxylation is 1. The van der Waals surface area contributed by atoms with Gasteiger partial charge in [-0.3, -0.25) is 0 Å². The van der Waals surface area contributed by atoms with E-state index in [9.17, 15) is 0 Å². The lowest BCUT2D eigenvalue weighted by atomic mass is 9.95. The summed E-state index contributed by atoms with van der Waals surface area (Å²) in [5, 5.41) is 4.31. The van der Waals surface area contributed by atoms with Crippen LogP contribution >= 0.6 is 0 Å². The second kappa shape index (κ2) is 10.2. The predicted octanol–water partition coefficient (Wildman–Crippen LogP) is 6.21. The number of anilines is 1. The van der Waals surface area contributed by atoms with Gasteiger partial charge in [0.1, 0.15) is 6.61 Å². The Kier molecular flexibility index (Phi) is 7.63. The molecule has 0 aliphatic carbocycles. The highest BCUT2D eigenvalue weighted by Crippen LogP contribution is 2.25. The van der Waals surface area contributed by atoms with Crippen LogP contribution in [0.15, 0.2) is 78.0 Å². The maximum Gasteiger partial charge on any atom is 0.142 e. The fourth-order valence-electron chi connectivity index (χ4n) is 2.70. The quantitative estimate of drug-likeness (QED) is 0.334. The fraction of sp³-hybridized carbons (Fsp3) is 0.208. The molecule has 0 aliphatic rings. The molecule has 0 atom stereocenters. The molecule has 0 heterocycles. The van der Waals surface area contributed by atoms with Gasteiger partial charge in [0.25, 0.3) is 0 Å². The van der Waals surface area contributed by atoms with Crippen LogP contribution in [-0.2, 0) is 11.4 Å². The maximum absolute atomic E-state index is 5.70. The Balaban J connectivity index is 0.00000126. The number of hydrogen-bond donors (Lipinski definition) is 1. The number of hydrogen-bond acceptors (Lipinski definition) is 3. The summed E-state index contributed by atoms with van der Waals surface area (Å²) >= 11 is 0. The Hall–Kier alpha value is -3.07. The summed E-state index contributed by atoms with van der Waals surface area (Å²) in [6, 6.07) is 24.3. The number of nitrogen functional groups attached to an aromatic ring is 1. The van der Waals surface area contributed by atoms with Crippen molar-refractivity contribution in [3.8, 4) is 11.1 Å². The van der Waals surface area contributed by atoms with Crippen molar-refractivity contribution < 1.29 is 4.84 Å². The van der Waals surface area contributed by atoms with E-state index in [0.29, 0.717) is 6.61 Å². The van der Waals surface area contributed by atoms with Gasteiger partial charge < -0.3 is 10.6 Å². The molecule has 3 aromatic carbocycles. The topological polar surface area (TPSA) is 47.6 Å². The first kappa shape index (κ1) is 20.2. The van der Waals surface area contributed by atoms with Crippen LogP contribution in [0.5, 0.6) is 0 Å². The van der Waals surface area contributed by atoms with Crippen LogP contribution in [0.3, 0.4) is 0 Å². The summed E-state index contributed by atoms with van der Waals surface area (Å²) in [6.07, 6.45) is 0. The molecule has 0 saturated heterocycles. The number of nitrogens with two attached hydrogens (primary N) is 1. The largest absolute Gasteiger partial charge is 0.399 e. The van der Waals surface area contributed by atoms with Gasteiger partial charge in [-0.1, -0.05) is 85.2 Å². The Labute approximate surface area is 162 Å². The van der Waals surface area contributed by atoms with Crippen LogP contribution < -0.4 is 5.73 Å². The third kappa shape index (κ3) is 5.71. The number of rotatable bonds is 5. The zero-order valence-corrected chi connectivity index (χ0v) is 16.6. The smallest absolute Gasteiger partial charge is 0.142 e. The molecule has 0 amide bonds. The summed E-state index contributed by atoms with van der Waals surface area (Å²) in [5.74, 6) is 0. The number of nitrogens with zero attached hydrogens (tertiary/aromatic N) is 1. The van der Waals surface area contributed by atoms with Gasteiger partial charge in [-0.05, 0) is 42.7 Å². The van der Waals surface area contributed by atoms with Crippen molar-refractivity contribution in [3.63, 3.8) is 0 Å². The van der Waals surface area contributed by atoms with E-state index in [1.807, 2.05) is 63.2 Å². The molecular weight excluding hydrogens is 332 g/mol. The minimum atomic E-state index is 0.421. The molecule has 0 unspecified atom stereocenters. The fourth-order valence-corrected chi connectivity index (χ4v) is 2.70. The highest BCUT2D eigenvalue weighted by atomic mass is 16.6. The first-order chi connectivity index (χ1) is 13.1. The molecule has 2 N–H and O–H groups in total. The van der Waals surface area contributed by atoms with Gasteiger partial charge in [0.2, 0.25) is 0 Å². The minimum absolute atomic E-state index is 0.421. The molecule has 0 aliphatic heterocycles. The van der Waals surface area contributed by atoms with Gasteiger partial charge in [-0.2, -0.15) is 0 Å². The van der Waals surface area contributed by atoms with Gasteiger partial charge in [-0.25, -0.2) is 0 Å². The third-order valence-corrected chi connectivity index (χ3v) is 4.06. The SMILES string of the molecule is C/C(=N\OCc1ccc(N)cc1)c1ccc(C)cc1-c1ccccc1.CC. The second-order valence-corrected chi connectivity index (χ2v) is 6.11. The normalized spacial score (nSPS) is 10.7. The van der Waals surface area contributed by atoms with Crippen LogP contribution in [0.4, 0.5) is 5.69 Å². The van der Waals surface area contributed by atoms with Crippen LogP contribution in [-0.4, -0.2) is 5.71 Å². The average Bonchev–Trinajstić information content (AvgIpc) is 2.71. The van der Waals surface area contributed by atoms with Crippen molar-refractivity contribution in [3.05, 3.63) is 89.5 Å². The lowest BCUT2D eigenvalue weighted by molar-refractivity contribution is 0.130. The minimum Gasteiger partial charge on any atom is -0.399 e. The van der Waals surface area contributed by atoms with E-state index in [2.05, 4.69) is 42.4 Å². The summed E-state index contributed by atoms with van der Waals surface area (Å²) in [4.78, 5) is 5.54. The molecule has 3 aromatic rings. The predicted molar refractivity (Wildman–Crippen MR) is 116 cm³/mol. The second-order valence-electron chi connectivity index (χ2n) is 6.11. The monoisotopic (exact) mass is 360 g/mol. The van der Waals surface area contributed by atoms with Gasteiger partial charge in [0, 0.05) is 11.3 Å². The molecule has 3 heteroatoms. The number of oxime groups is 1. The molecule has 0 fully saturated rings. The zero-order valence-electron chi connectivity index (χ0n) is 16.6. The number of benzene rings is 3. The van der Waals surface area contributed by atoms with E-state index < -0.39 is 0 Å². The van der Waals surface area contributed by atoms with E-state index in [-0.39, 0.29) is 0 Å². The zero-order chi connectivity index (χ0) is 19.6. The molecule has 0 saturated carbocycles. The van der Waals surface area contributed by atoms with Crippen LogP contribution in [0.1, 0.15) is 37.5 Å². The average molecular weight is 361 g/mol. The summed E-state index contributed by atoms with van der Waals surface area (Å²) < 4.78 is 0. The lowest BCUT2D eigenvalue weighted by Crippen LogP contribution is -2.00. The summed E-state index contributed by atoms with van der Waals surface area (Å²) in [6.45, 7) is 8.49. The van der Waals surface area contributed by atoms with Crippen LogP contribution in [0.25, 0.3) is 11.1 Å². The van der Waals surface area contributed by atoms with E-state index >= 15 is 0 Å². The van der Waals surface area contributed by atoms with Gasteiger partial charge in [0.05, 0.1) is 5.71 Å². The van der Waals surface area contributed by atoms with Crippen molar-refractivity contribution in [2.75, 3.05) is 5.73 Å². The van der Waals surface area contributed by atoms with Crippen LogP contribution in [0, 0.1) is 6.92 Å². The van der Waals surface area contributed by atoms with Gasteiger partial charge in [-0.15, -0.1) is 0 Å². The Bertz CT molecular complexity index is 869. The highest BCUT2D eigenvalue weighted by molar-refractivity contribution is 6.04. The molecule has 0 aromatic heterocycles. The standard InChI is InChI=1S/C22H22N2O.C2H6/c1-16-8-13-21(22(14-16)19-6-4-3-5-7-19)17(2)24-25-15-18-9-11-20(23)12-10-18;1-2/h3-14H,15,23H2,1-2H3;1-2H3/b24-17+;. The van der Waals surface area contributed by atoms with Gasteiger partial charge >= 0.3 is 0 Å². The summed E-state index contributed by atoms with van der Waals surface area (Å²) in [7, 11) is 0. The first-order valence-electron chi connectivity index (χ1n) is 9.31. The molecule has 3 rings (SSSR count). The highest BCUT2D eigenvalue weighted by Gasteiger charge is 2.08. The van der Waals surface area contributed by atoms with E-state index in [1.165, 1.54) is 11.1 Å². The third-order valence-electron chi connectivity index (χ3n) is 4.06. The van der Waals surface area contributed by atoms with Crippen molar-refractivity contribution >= 4 is 11.4 Å². The molecule has 0 bridgehead atoms. The lowest BCUT2D eigenvalue weighted by Gasteiger charge is -2.11. The molecular formula is C24H28N2O. The molecule has 0 spiro atoms. The van der Waals surface area contributed by atoms with Crippen molar-refractivity contribution in [2.24, 2.45) is 5.16 Å². The molecule has 140 valence electrons. The molecule has 27 heavy (non-hydrogen) atoms. The van der Waals surface area contributed by atoms with Crippen molar-refractivity contribution in [2.45, 2.75) is 34.3 Å². The summed E-state index contributed by atoms with van der Waals surface area (Å²) in [5.41, 5.74) is 13.0. The van der Waals surface area contributed by atoms with Crippen molar-refractivity contribution in [1.82, 2.24) is 0 Å². The maximum atomic E-state index is 5.70. The molecule has 0 radical (unpaired) electrons. The molecule has 3 nitrogen and oxygen atoms in total.